The molecule has 0 aromatic heterocycles. The van der Waals surface area contributed by atoms with Crippen LogP contribution in [0, 0.1) is 0 Å². The second kappa shape index (κ2) is 2.81. The SMILES string of the molecule is CC1(C)CNc2cccc(Cl)c2O1. The van der Waals surface area contributed by atoms with Gasteiger partial charge in [-0.2, -0.15) is 0 Å². The largest absolute Gasteiger partial charge is 0.482 e. The zero-order chi connectivity index (χ0) is 9.47. The average molecular weight is 198 g/mol. The van der Waals surface area contributed by atoms with Gasteiger partial charge in [-0.15, -0.1) is 0 Å². The Morgan fingerprint density at radius 2 is 2.23 bits per heavy atom. The van der Waals surface area contributed by atoms with E-state index in [0.29, 0.717) is 5.02 Å². The van der Waals surface area contributed by atoms with Gasteiger partial charge in [0.25, 0.3) is 0 Å². The quantitative estimate of drug-likeness (QED) is 0.691. The van der Waals surface area contributed by atoms with Crippen molar-refractivity contribution in [3.8, 4) is 5.75 Å². The molecule has 2 nitrogen and oxygen atoms in total. The fraction of sp³-hybridized carbons (Fsp3) is 0.400. The number of hydrogen-bond donors (Lipinski definition) is 1. The van der Waals surface area contributed by atoms with Gasteiger partial charge in [-0.25, -0.2) is 0 Å². The molecule has 13 heavy (non-hydrogen) atoms. The summed E-state index contributed by atoms with van der Waals surface area (Å²) in [6, 6.07) is 5.72. The lowest BCUT2D eigenvalue weighted by molar-refractivity contribution is 0.116. The van der Waals surface area contributed by atoms with Crippen molar-refractivity contribution in [2.45, 2.75) is 19.4 Å². The molecular formula is C10H12ClNO. The van der Waals surface area contributed by atoms with E-state index in [1.807, 2.05) is 32.0 Å². The number of para-hydroxylation sites is 1. The van der Waals surface area contributed by atoms with Gasteiger partial charge < -0.3 is 10.1 Å². The maximum Gasteiger partial charge on any atom is 0.161 e. The highest BCUT2D eigenvalue weighted by atomic mass is 35.5. The third-order valence-electron chi connectivity index (χ3n) is 2.05. The highest BCUT2D eigenvalue weighted by Crippen LogP contribution is 2.38. The monoisotopic (exact) mass is 197 g/mol. The second-order valence-electron chi connectivity index (χ2n) is 3.83. The molecule has 0 saturated carbocycles. The summed E-state index contributed by atoms with van der Waals surface area (Å²) in [5.41, 5.74) is 0.796. The summed E-state index contributed by atoms with van der Waals surface area (Å²) in [6.07, 6.45) is 0. The lowest BCUT2D eigenvalue weighted by atomic mass is 10.1. The van der Waals surface area contributed by atoms with E-state index in [4.69, 9.17) is 16.3 Å². The van der Waals surface area contributed by atoms with Crippen LogP contribution in [-0.2, 0) is 0 Å². The number of fused-ring (bicyclic) bond motifs is 1. The van der Waals surface area contributed by atoms with Gasteiger partial charge in [0.2, 0.25) is 0 Å². The molecule has 0 saturated heterocycles. The van der Waals surface area contributed by atoms with Gasteiger partial charge in [-0.1, -0.05) is 17.7 Å². The fourth-order valence-corrected chi connectivity index (χ4v) is 1.59. The molecule has 2 rings (SSSR count). The van der Waals surface area contributed by atoms with Crippen LogP contribution in [0.2, 0.25) is 5.02 Å². The van der Waals surface area contributed by atoms with Crippen molar-refractivity contribution in [2.24, 2.45) is 0 Å². The Kier molecular flexibility index (Phi) is 1.88. The molecule has 0 radical (unpaired) electrons. The van der Waals surface area contributed by atoms with E-state index in [2.05, 4.69) is 5.32 Å². The van der Waals surface area contributed by atoms with Crippen LogP contribution in [0.5, 0.6) is 5.75 Å². The third kappa shape index (κ3) is 1.59. The molecular weight excluding hydrogens is 186 g/mol. The molecule has 1 aromatic carbocycles. The maximum atomic E-state index is 6.00. The molecule has 1 N–H and O–H groups in total. The summed E-state index contributed by atoms with van der Waals surface area (Å²) in [5.74, 6) is 0.764. The number of halogens is 1. The van der Waals surface area contributed by atoms with Crippen molar-refractivity contribution in [1.82, 2.24) is 0 Å². The van der Waals surface area contributed by atoms with Crippen molar-refractivity contribution in [3.05, 3.63) is 23.2 Å². The van der Waals surface area contributed by atoms with Crippen molar-refractivity contribution in [3.63, 3.8) is 0 Å². The molecule has 3 heteroatoms. The Morgan fingerprint density at radius 3 is 3.00 bits per heavy atom. The van der Waals surface area contributed by atoms with Crippen LogP contribution in [-0.4, -0.2) is 12.1 Å². The lowest BCUT2D eigenvalue weighted by Gasteiger charge is -2.33. The molecule has 0 aliphatic carbocycles. The average Bonchev–Trinajstić information content (AvgIpc) is 2.06. The molecule has 1 heterocycles. The van der Waals surface area contributed by atoms with E-state index in [0.717, 1.165) is 18.0 Å². The van der Waals surface area contributed by atoms with Crippen molar-refractivity contribution in [1.29, 1.82) is 0 Å². The van der Waals surface area contributed by atoms with Gasteiger partial charge in [0.1, 0.15) is 5.60 Å². The first-order valence-electron chi connectivity index (χ1n) is 4.30. The van der Waals surface area contributed by atoms with E-state index >= 15 is 0 Å². The minimum Gasteiger partial charge on any atom is -0.482 e. The summed E-state index contributed by atoms with van der Waals surface area (Å²) >= 11 is 6.00. The molecule has 0 unspecified atom stereocenters. The Hall–Kier alpha value is -0.890. The second-order valence-corrected chi connectivity index (χ2v) is 4.24. The molecule has 0 bridgehead atoms. The third-order valence-corrected chi connectivity index (χ3v) is 2.35. The first kappa shape index (κ1) is 8.70. The zero-order valence-corrected chi connectivity index (χ0v) is 8.48. The minimum absolute atomic E-state index is 0.183. The van der Waals surface area contributed by atoms with Crippen LogP contribution >= 0.6 is 11.6 Å². The van der Waals surface area contributed by atoms with Gasteiger partial charge in [0.15, 0.2) is 5.75 Å². The number of hydrogen-bond acceptors (Lipinski definition) is 2. The van der Waals surface area contributed by atoms with Gasteiger partial charge in [0.05, 0.1) is 17.3 Å². The van der Waals surface area contributed by atoms with Crippen LogP contribution in [0.15, 0.2) is 18.2 Å². The van der Waals surface area contributed by atoms with Gasteiger partial charge in [0, 0.05) is 0 Å². The van der Waals surface area contributed by atoms with Crippen LogP contribution in [0.25, 0.3) is 0 Å². The molecule has 1 aromatic rings. The minimum atomic E-state index is -0.183. The van der Waals surface area contributed by atoms with Gasteiger partial charge in [-0.05, 0) is 26.0 Å². The first-order chi connectivity index (χ1) is 6.08. The summed E-state index contributed by atoms with van der Waals surface area (Å²) in [6.45, 7) is 4.87. The Bertz CT molecular complexity index is 336. The summed E-state index contributed by atoms with van der Waals surface area (Å²) in [5, 5.41) is 3.95. The van der Waals surface area contributed by atoms with Crippen LogP contribution < -0.4 is 10.1 Å². The first-order valence-corrected chi connectivity index (χ1v) is 4.68. The molecule has 0 atom stereocenters. The zero-order valence-electron chi connectivity index (χ0n) is 7.73. The van der Waals surface area contributed by atoms with E-state index in [1.54, 1.807) is 0 Å². The fourth-order valence-electron chi connectivity index (χ4n) is 1.37. The molecule has 1 aliphatic heterocycles. The topological polar surface area (TPSA) is 21.3 Å². The van der Waals surface area contributed by atoms with E-state index in [-0.39, 0.29) is 5.60 Å². The van der Waals surface area contributed by atoms with Crippen molar-refractivity contribution in [2.75, 3.05) is 11.9 Å². The van der Waals surface area contributed by atoms with E-state index < -0.39 is 0 Å². The van der Waals surface area contributed by atoms with Crippen LogP contribution in [0.1, 0.15) is 13.8 Å². The number of rotatable bonds is 0. The molecule has 1 aliphatic rings. The Labute approximate surface area is 82.9 Å². The predicted molar refractivity (Wildman–Crippen MR) is 54.6 cm³/mol. The highest BCUT2D eigenvalue weighted by Gasteiger charge is 2.27. The summed E-state index contributed by atoms with van der Waals surface area (Å²) < 4.78 is 5.76. The van der Waals surface area contributed by atoms with E-state index in [1.165, 1.54) is 0 Å². The normalized spacial score (nSPS) is 18.4. The molecule has 70 valence electrons. The molecule has 0 fully saturated rings. The standard InChI is InChI=1S/C10H12ClNO/c1-10(2)6-12-8-5-3-4-7(11)9(8)13-10/h3-5,12H,6H2,1-2H3. The highest BCUT2D eigenvalue weighted by molar-refractivity contribution is 6.32. The number of ether oxygens (including phenoxy) is 1. The van der Waals surface area contributed by atoms with Crippen molar-refractivity contribution >= 4 is 17.3 Å². The smallest absolute Gasteiger partial charge is 0.161 e. The molecule has 0 amide bonds. The summed E-state index contributed by atoms with van der Waals surface area (Å²) in [4.78, 5) is 0. The van der Waals surface area contributed by atoms with Gasteiger partial charge >= 0.3 is 0 Å². The number of anilines is 1. The van der Waals surface area contributed by atoms with Crippen molar-refractivity contribution < 1.29 is 4.74 Å². The maximum absolute atomic E-state index is 6.00. The molecule has 0 spiro atoms. The van der Waals surface area contributed by atoms with E-state index in [9.17, 15) is 0 Å². The van der Waals surface area contributed by atoms with Gasteiger partial charge in [-0.3, -0.25) is 0 Å². The predicted octanol–water partition coefficient (Wildman–Crippen LogP) is 2.92. The summed E-state index contributed by atoms with van der Waals surface area (Å²) in [7, 11) is 0. The van der Waals surface area contributed by atoms with Crippen LogP contribution in [0.3, 0.4) is 0 Å². The Balaban J connectivity index is 2.44. The van der Waals surface area contributed by atoms with Crippen LogP contribution in [0.4, 0.5) is 5.69 Å². The Morgan fingerprint density at radius 1 is 1.46 bits per heavy atom. The number of benzene rings is 1. The lowest BCUT2D eigenvalue weighted by Crippen LogP contribution is -2.40. The number of nitrogens with one attached hydrogen (secondary N) is 1.